The maximum atomic E-state index is 10.6. The van der Waals surface area contributed by atoms with Crippen LogP contribution in [0, 0.1) is 11.8 Å². The highest BCUT2D eigenvalue weighted by molar-refractivity contribution is 5.95. The SMILES string of the molecule is C[C@H]1COC(=O)[C@H]1C(=O)O. The molecule has 0 radical (unpaired) electrons. The van der Waals surface area contributed by atoms with Crippen LogP contribution in [0.15, 0.2) is 0 Å². The van der Waals surface area contributed by atoms with Crippen molar-refractivity contribution in [3.63, 3.8) is 0 Å². The van der Waals surface area contributed by atoms with Crippen molar-refractivity contribution >= 4 is 11.9 Å². The molecule has 0 amide bonds. The number of carboxylic acids is 1. The first-order valence-electron chi connectivity index (χ1n) is 3.02. The van der Waals surface area contributed by atoms with Gasteiger partial charge in [-0.05, 0) is 0 Å². The summed E-state index contributed by atoms with van der Waals surface area (Å²) in [5.74, 6) is -2.83. The summed E-state index contributed by atoms with van der Waals surface area (Å²) in [6.07, 6.45) is 0. The average Bonchev–Trinajstić information content (AvgIpc) is 2.11. The van der Waals surface area contributed by atoms with E-state index in [1.807, 2.05) is 0 Å². The summed E-state index contributed by atoms with van der Waals surface area (Å²) in [4.78, 5) is 20.9. The van der Waals surface area contributed by atoms with Crippen LogP contribution in [-0.4, -0.2) is 23.7 Å². The minimum absolute atomic E-state index is 0.190. The Morgan fingerprint density at radius 2 is 2.40 bits per heavy atom. The van der Waals surface area contributed by atoms with Crippen molar-refractivity contribution in [1.82, 2.24) is 0 Å². The van der Waals surface area contributed by atoms with Crippen molar-refractivity contribution in [2.45, 2.75) is 6.92 Å². The number of aliphatic carboxylic acids is 1. The zero-order valence-electron chi connectivity index (χ0n) is 5.53. The van der Waals surface area contributed by atoms with Gasteiger partial charge in [0.1, 0.15) is 0 Å². The molecule has 4 heteroatoms. The van der Waals surface area contributed by atoms with Crippen LogP contribution >= 0.6 is 0 Å². The molecule has 0 spiro atoms. The normalized spacial score (nSPS) is 31.9. The van der Waals surface area contributed by atoms with E-state index in [1.165, 1.54) is 0 Å². The molecule has 0 bridgehead atoms. The Kier molecular flexibility index (Phi) is 1.61. The van der Waals surface area contributed by atoms with Gasteiger partial charge >= 0.3 is 11.9 Å². The quantitative estimate of drug-likeness (QED) is 0.411. The van der Waals surface area contributed by atoms with Crippen molar-refractivity contribution in [1.29, 1.82) is 0 Å². The number of cyclic esters (lactones) is 1. The second-order valence-corrected chi connectivity index (χ2v) is 2.42. The summed E-state index contributed by atoms with van der Waals surface area (Å²) in [7, 11) is 0. The Balaban J connectivity index is 2.72. The molecule has 4 nitrogen and oxygen atoms in total. The van der Waals surface area contributed by atoms with Gasteiger partial charge in [-0.15, -0.1) is 0 Å². The van der Waals surface area contributed by atoms with Gasteiger partial charge in [-0.25, -0.2) is 0 Å². The fourth-order valence-electron chi connectivity index (χ4n) is 0.976. The van der Waals surface area contributed by atoms with Gasteiger partial charge in [0.25, 0.3) is 0 Å². The molecule has 1 fully saturated rings. The number of rotatable bonds is 1. The molecule has 0 unspecified atom stereocenters. The predicted molar refractivity (Wildman–Crippen MR) is 31.2 cm³/mol. The summed E-state index contributed by atoms with van der Waals surface area (Å²) in [6, 6.07) is 0. The van der Waals surface area contributed by atoms with E-state index in [9.17, 15) is 9.59 Å². The highest BCUT2D eigenvalue weighted by Crippen LogP contribution is 2.21. The Bertz CT molecular complexity index is 175. The van der Waals surface area contributed by atoms with E-state index in [-0.39, 0.29) is 12.5 Å². The van der Waals surface area contributed by atoms with Crippen molar-refractivity contribution < 1.29 is 19.4 Å². The first-order valence-corrected chi connectivity index (χ1v) is 3.02. The van der Waals surface area contributed by atoms with Crippen LogP contribution in [0.3, 0.4) is 0 Å². The van der Waals surface area contributed by atoms with E-state index in [0.717, 1.165) is 0 Å². The molecule has 1 N–H and O–H groups in total. The second kappa shape index (κ2) is 2.28. The van der Waals surface area contributed by atoms with Crippen molar-refractivity contribution in [3.8, 4) is 0 Å². The Morgan fingerprint density at radius 1 is 1.80 bits per heavy atom. The molecule has 10 heavy (non-hydrogen) atoms. The van der Waals surface area contributed by atoms with Crippen LogP contribution in [0.25, 0.3) is 0 Å². The van der Waals surface area contributed by atoms with E-state index >= 15 is 0 Å². The van der Waals surface area contributed by atoms with Gasteiger partial charge in [0.2, 0.25) is 0 Å². The summed E-state index contributed by atoms with van der Waals surface area (Å²) in [5.41, 5.74) is 0. The maximum absolute atomic E-state index is 10.6. The topological polar surface area (TPSA) is 63.6 Å². The summed E-state index contributed by atoms with van der Waals surface area (Å²) in [5, 5.41) is 8.45. The van der Waals surface area contributed by atoms with E-state index in [2.05, 4.69) is 4.74 Å². The van der Waals surface area contributed by atoms with Crippen LogP contribution in [0.5, 0.6) is 0 Å². The van der Waals surface area contributed by atoms with Gasteiger partial charge in [0, 0.05) is 5.92 Å². The number of hydrogen-bond acceptors (Lipinski definition) is 3. The van der Waals surface area contributed by atoms with Crippen LogP contribution in [-0.2, 0) is 14.3 Å². The number of carboxylic acid groups (broad SMARTS) is 1. The second-order valence-electron chi connectivity index (χ2n) is 2.42. The van der Waals surface area contributed by atoms with Gasteiger partial charge in [-0.3, -0.25) is 9.59 Å². The molecular formula is C6H8O4. The number of carbonyl (C=O) groups excluding carboxylic acids is 1. The lowest BCUT2D eigenvalue weighted by Crippen LogP contribution is -2.23. The molecule has 0 aromatic rings. The molecule has 0 saturated carbocycles. The molecule has 1 aliphatic rings. The van der Waals surface area contributed by atoms with E-state index in [4.69, 9.17) is 5.11 Å². The third-order valence-corrected chi connectivity index (χ3v) is 1.58. The van der Waals surface area contributed by atoms with Crippen molar-refractivity contribution in [3.05, 3.63) is 0 Å². The molecule has 56 valence electrons. The summed E-state index contributed by atoms with van der Waals surface area (Å²) < 4.78 is 4.52. The van der Waals surface area contributed by atoms with Gasteiger partial charge in [-0.1, -0.05) is 6.92 Å². The molecule has 1 saturated heterocycles. The standard InChI is InChI=1S/C6H8O4/c1-3-2-10-6(9)4(3)5(7)8/h3-4H,2H2,1H3,(H,7,8)/t3-,4+/m0/s1. The molecule has 1 rings (SSSR count). The van der Waals surface area contributed by atoms with Crippen LogP contribution in [0.4, 0.5) is 0 Å². The first-order chi connectivity index (χ1) is 4.63. The van der Waals surface area contributed by atoms with Crippen molar-refractivity contribution in [2.75, 3.05) is 6.61 Å². The Hall–Kier alpha value is -1.06. The molecule has 1 aliphatic heterocycles. The van der Waals surface area contributed by atoms with Gasteiger partial charge in [-0.2, -0.15) is 0 Å². The smallest absolute Gasteiger partial charge is 0.320 e. The van der Waals surface area contributed by atoms with Gasteiger partial charge < -0.3 is 9.84 Å². The number of carbonyl (C=O) groups is 2. The minimum Gasteiger partial charge on any atom is -0.481 e. The summed E-state index contributed by atoms with van der Waals surface area (Å²) >= 11 is 0. The third kappa shape index (κ3) is 0.964. The largest absolute Gasteiger partial charge is 0.481 e. The van der Waals surface area contributed by atoms with E-state index in [0.29, 0.717) is 0 Å². The number of ether oxygens (including phenoxy) is 1. The van der Waals surface area contributed by atoms with Crippen LogP contribution < -0.4 is 0 Å². The zero-order valence-corrected chi connectivity index (χ0v) is 5.53. The lowest BCUT2D eigenvalue weighted by molar-refractivity contribution is -0.152. The minimum atomic E-state index is -1.09. The van der Waals surface area contributed by atoms with Gasteiger partial charge in [0.15, 0.2) is 5.92 Å². The highest BCUT2D eigenvalue weighted by Gasteiger charge is 2.39. The third-order valence-electron chi connectivity index (χ3n) is 1.58. The average molecular weight is 144 g/mol. The fourth-order valence-corrected chi connectivity index (χ4v) is 0.976. The Labute approximate surface area is 57.8 Å². The molecule has 0 aromatic heterocycles. The fraction of sp³-hybridized carbons (Fsp3) is 0.667. The lowest BCUT2D eigenvalue weighted by Gasteiger charge is -2.01. The van der Waals surface area contributed by atoms with Crippen molar-refractivity contribution in [2.24, 2.45) is 11.8 Å². The molecule has 0 aromatic carbocycles. The highest BCUT2D eigenvalue weighted by atomic mass is 16.5. The zero-order chi connectivity index (χ0) is 7.72. The maximum Gasteiger partial charge on any atom is 0.320 e. The van der Waals surface area contributed by atoms with E-state index in [1.54, 1.807) is 6.92 Å². The predicted octanol–water partition coefficient (Wildman–Crippen LogP) is -0.120. The molecule has 0 aliphatic carbocycles. The molecular weight excluding hydrogens is 136 g/mol. The Morgan fingerprint density at radius 3 is 2.60 bits per heavy atom. The monoisotopic (exact) mass is 144 g/mol. The summed E-state index contributed by atoms with van der Waals surface area (Å²) in [6.45, 7) is 1.92. The van der Waals surface area contributed by atoms with E-state index < -0.39 is 17.9 Å². The molecule has 2 atom stereocenters. The first kappa shape index (κ1) is 7.05. The number of hydrogen-bond donors (Lipinski definition) is 1. The lowest BCUT2D eigenvalue weighted by atomic mass is 9.98. The van der Waals surface area contributed by atoms with Crippen LogP contribution in [0.1, 0.15) is 6.92 Å². The van der Waals surface area contributed by atoms with Crippen LogP contribution in [0.2, 0.25) is 0 Å². The van der Waals surface area contributed by atoms with Gasteiger partial charge in [0.05, 0.1) is 6.61 Å². The molecule has 1 heterocycles. The number of esters is 1.